The first kappa shape index (κ1) is 21.6. The third-order valence-electron chi connectivity index (χ3n) is 2.94. The second-order valence-corrected chi connectivity index (χ2v) is 5.92. The Hall–Kier alpha value is -2.38. The lowest BCUT2D eigenvalue weighted by Crippen LogP contribution is -2.53. The standard InChI is InChI=1S/C16H27N3O5/c1-8(2)13(20)17-10(5)14(21)18-11(6)15(22)19-12(7)16(23)24-9(3)4/h9-12H,1H2,2-7H3,(H,17,20)(H,18,21)(H,19,22)/t10-,11-,12-/m0/s1. The van der Waals surface area contributed by atoms with Crippen LogP contribution >= 0.6 is 0 Å². The molecule has 0 heterocycles. The zero-order valence-corrected chi connectivity index (χ0v) is 15.1. The molecule has 0 aromatic rings. The summed E-state index contributed by atoms with van der Waals surface area (Å²) in [5.41, 5.74) is 0.276. The van der Waals surface area contributed by atoms with E-state index in [0.717, 1.165) is 0 Å². The third-order valence-corrected chi connectivity index (χ3v) is 2.94. The Balaban J connectivity index is 4.48. The molecule has 24 heavy (non-hydrogen) atoms. The van der Waals surface area contributed by atoms with Gasteiger partial charge in [-0.05, 0) is 41.5 Å². The maximum Gasteiger partial charge on any atom is 0.328 e. The Kier molecular flexibility index (Phi) is 8.73. The van der Waals surface area contributed by atoms with Crippen molar-refractivity contribution in [2.45, 2.75) is 65.8 Å². The number of hydrogen-bond acceptors (Lipinski definition) is 5. The van der Waals surface area contributed by atoms with Gasteiger partial charge in [0, 0.05) is 5.57 Å². The molecule has 0 saturated heterocycles. The van der Waals surface area contributed by atoms with E-state index in [-0.39, 0.29) is 11.7 Å². The first-order valence-corrected chi connectivity index (χ1v) is 7.73. The number of esters is 1. The average molecular weight is 341 g/mol. The van der Waals surface area contributed by atoms with Gasteiger partial charge in [-0.2, -0.15) is 0 Å². The number of amides is 3. The van der Waals surface area contributed by atoms with Crippen LogP contribution in [0, 0.1) is 0 Å². The summed E-state index contributed by atoms with van der Waals surface area (Å²) in [6.07, 6.45) is -0.285. The monoisotopic (exact) mass is 341 g/mol. The van der Waals surface area contributed by atoms with Crippen molar-refractivity contribution in [3.63, 3.8) is 0 Å². The molecule has 0 spiro atoms. The number of hydrogen-bond donors (Lipinski definition) is 3. The fourth-order valence-corrected chi connectivity index (χ4v) is 1.52. The molecular weight excluding hydrogens is 314 g/mol. The molecule has 0 bridgehead atoms. The topological polar surface area (TPSA) is 114 Å². The Labute approximate surface area is 142 Å². The maximum absolute atomic E-state index is 12.0. The van der Waals surface area contributed by atoms with Crippen molar-refractivity contribution in [3.8, 4) is 0 Å². The summed E-state index contributed by atoms with van der Waals surface area (Å²) >= 11 is 0. The number of rotatable bonds is 8. The fourth-order valence-electron chi connectivity index (χ4n) is 1.52. The summed E-state index contributed by atoms with van der Waals surface area (Å²) in [5.74, 6) is -2.06. The smallest absolute Gasteiger partial charge is 0.328 e. The first-order valence-electron chi connectivity index (χ1n) is 7.73. The predicted octanol–water partition coefficient (Wildman–Crippen LogP) is 0.0282. The van der Waals surface area contributed by atoms with Crippen molar-refractivity contribution < 1.29 is 23.9 Å². The molecule has 0 aliphatic carbocycles. The Bertz CT molecular complexity index is 516. The third kappa shape index (κ3) is 7.75. The summed E-state index contributed by atoms with van der Waals surface area (Å²) in [6.45, 7) is 12.9. The lowest BCUT2D eigenvalue weighted by molar-refractivity contribution is -0.151. The van der Waals surface area contributed by atoms with Gasteiger partial charge < -0.3 is 20.7 Å². The van der Waals surface area contributed by atoms with E-state index in [9.17, 15) is 19.2 Å². The van der Waals surface area contributed by atoms with Crippen molar-refractivity contribution >= 4 is 23.7 Å². The lowest BCUT2D eigenvalue weighted by atomic mass is 10.2. The molecule has 3 atom stereocenters. The molecule has 0 rings (SSSR count). The van der Waals surface area contributed by atoms with Crippen LogP contribution in [0.25, 0.3) is 0 Å². The largest absolute Gasteiger partial charge is 0.461 e. The van der Waals surface area contributed by atoms with E-state index in [2.05, 4.69) is 22.5 Å². The molecule has 0 radical (unpaired) electrons. The second kappa shape index (κ2) is 9.69. The van der Waals surface area contributed by atoms with E-state index < -0.39 is 41.8 Å². The van der Waals surface area contributed by atoms with Gasteiger partial charge in [-0.1, -0.05) is 6.58 Å². The minimum atomic E-state index is -0.879. The zero-order chi connectivity index (χ0) is 19.0. The summed E-state index contributed by atoms with van der Waals surface area (Å²) in [6, 6.07) is -2.54. The quantitative estimate of drug-likeness (QED) is 0.426. The Morgan fingerprint density at radius 3 is 1.62 bits per heavy atom. The van der Waals surface area contributed by atoms with Crippen LogP contribution in [0.5, 0.6) is 0 Å². The van der Waals surface area contributed by atoms with Crippen molar-refractivity contribution in [2.24, 2.45) is 0 Å². The van der Waals surface area contributed by atoms with Crippen LogP contribution in [0.4, 0.5) is 0 Å². The van der Waals surface area contributed by atoms with Crippen LogP contribution < -0.4 is 16.0 Å². The van der Waals surface area contributed by atoms with Crippen LogP contribution in [0.2, 0.25) is 0 Å². The molecule has 3 N–H and O–H groups in total. The van der Waals surface area contributed by atoms with Gasteiger partial charge in [-0.15, -0.1) is 0 Å². The van der Waals surface area contributed by atoms with Crippen LogP contribution in [0.3, 0.4) is 0 Å². The molecule has 0 saturated carbocycles. The van der Waals surface area contributed by atoms with Gasteiger partial charge in [0.1, 0.15) is 18.1 Å². The van der Waals surface area contributed by atoms with Crippen LogP contribution in [-0.2, 0) is 23.9 Å². The number of nitrogens with one attached hydrogen (secondary N) is 3. The highest BCUT2D eigenvalue weighted by atomic mass is 16.5. The van der Waals surface area contributed by atoms with Gasteiger partial charge in [0.2, 0.25) is 17.7 Å². The van der Waals surface area contributed by atoms with Gasteiger partial charge in [0.25, 0.3) is 0 Å². The average Bonchev–Trinajstić information content (AvgIpc) is 2.45. The van der Waals surface area contributed by atoms with Crippen LogP contribution in [0.1, 0.15) is 41.5 Å². The fraction of sp³-hybridized carbons (Fsp3) is 0.625. The molecule has 0 fully saturated rings. The molecular formula is C16H27N3O5. The van der Waals surface area contributed by atoms with Crippen molar-refractivity contribution in [1.82, 2.24) is 16.0 Å². The van der Waals surface area contributed by atoms with Gasteiger partial charge in [-0.3, -0.25) is 14.4 Å². The second-order valence-electron chi connectivity index (χ2n) is 5.92. The molecule has 8 heteroatoms. The molecule has 0 aromatic carbocycles. The molecule has 0 unspecified atom stereocenters. The summed E-state index contributed by atoms with van der Waals surface area (Å²) in [7, 11) is 0. The minimum absolute atomic E-state index is 0.276. The molecule has 136 valence electrons. The number of ether oxygens (including phenoxy) is 1. The van der Waals surface area contributed by atoms with E-state index >= 15 is 0 Å². The molecule has 0 aliphatic rings. The van der Waals surface area contributed by atoms with E-state index in [4.69, 9.17) is 4.74 Å². The van der Waals surface area contributed by atoms with Crippen LogP contribution in [-0.4, -0.2) is 47.9 Å². The highest BCUT2D eigenvalue weighted by Gasteiger charge is 2.24. The zero-order valence-electron chi connectivity index (χ0n) is 15.1. The first-order chi connectivity index (χ1) is 11.0. The van der Waals surface area contributed by atoms with E-state index in [1.807, 2.05) is 0 Å². The summed E-state index contributed by atoms with van der Waals surface area (Å²) in [5, 5.41) is 7.37. The predicted molar refractivity (Wildman–Crippen MR) is 88.9 cm³/mol. The van der Waals surface area contributed by atoms with E-state index in [1.54, 1.807) is 13.8 Å². The molecule has 0 aliphatic heterocycles. The van der Waals surface area contributed by atoms with Crippen molar-refractivity contribution in [2.75, 3.05) is 0 Å². The molecule has 8 nitrogen and oxygen atoms in total. The summed E-state index contributed by atoms with van der Waals surface area (Å²) in [4.78, 5) is 47.1. The van der Waals surface area contributed by atoms with Crippen LogP contribution in [0.15, 0.2) is 12.2 Å². The SMILES string of the molecule is C=C(C)C(=O)N[C@@H](C)C(=O)N[C@@H](C)C(=O)N[C@@H](C)C(=O)OC(C)C. The lowest BCUT2D eigenvalue weighted by Gasteiger charge is -2.20. The minimum Gasteiger partial charge on any atom is -0.461 e. The van der Waals surface area contributed by atoms with Gasteiger partial charge in [0.15, 0.2) is 0 Å². The Morgan fingerprint density at radius 1 is 0.792 bits per heavy atom. The molecule has 0 aromatic heterocycles. The normalized spacial score (nSPS) is 14.1. The number of carbonyl (C=O) groups excluding carboxylic acids is 4. The van der Waals surface area contributed by atoms with Gasteiger partial charge in [-0.25, -0.2) is 4.79 Å². The number of carbonyl (C=O) groups is 4. The van der Waals surface area contributed by atoms with E-state index in [1.165, 1.54) is 27.7 Å². The highest BCUT2D eigenvalue weighted by molar-refractivity contribution is 5.97. The molecule has 3 amide bonds. The summed E-state index contributed by atoms with van der Waals surface area (Å²) < 4.78 is 4.98. The van der Waals surface area contributed by atoms with Gasteiger partial charge >= 0.3 is 5.97 Å². The van der Waals surface area contributed by atoms with Gasteiger partial charge in [0.05, 0.1) is 6.10 Å². The highest BCUT2D eigenvalue weighted by Crippen LogP contribution is 1.96. The maximum atomic E-state index is 12.0. The Morgan fingerprint density at radius 2 is 1.21 bits per heavy atom. The van der Waals surface area contributed by atoms with Crippen molar-refractivity contribution in [3.05, 3.63) is 12.2 Å². The van der Waals surface area contributed by atoms with Crippen molar-refractivity contribution in [1.29, 1.82) is 0 Å². The van der Waals surface area contributed by atoms with E-state index in [0.29, 0.717) is 0 Å².